The molecule has 0 fully saturated rings. The van der Waals surface area contributed by atoms with E-state index in [-0.39, 0.29) is 24.3 Å². The number of carbonyl (C=O) groups excluding carboxylic acids is 1. The standard InChI is InChI=1S/C13H25BO3/c1-10(2)6-7-16-12(11(15)8-14)9-17-13(3,4)5/h10,12H,6-9H2,1-5H3. The van der Waals surface area contributed by atoms with Gasteiger partial charge in [-0.3, -0.25) is 4.79 Å². The van der Waals surface area contributed by atoms with Gasteiger partial charge in [0, 0.05) is 6.61 Å². The average molecular weight is 240 g/mol. The second-order valence-electron chi connectivity index (χ2n) is 5.64. The quantitative estimate of drug-likeness (QED) is 0.611. The lowest BCUT2D eigenvalue weighted by Gasteiger charge is -2.24. The Labute approximate surface area is 107 Å². The van der Waals surface area contributed by atoms with E-state index in [1.165, 1.54) is 0 Å². The fourth-order valence-electron chi connectivity index (χ4n) is 1.14. The molecule has 1 atom stereocenters. The van der Waals surface area contributed by atoms with E-state index in [1.54, 1.807) is 0 Å². The summed E-state index contributed by atoms with van der Waals surface area (Å²) in [5.41, 5.74) is -0.269. The van der Waals surface area contributed by atoms with E-state index in [4.69, 9.17) is 17.3 Å². The highest BCUT2D eigenvalue weighted by molar-refractivity contribution is 6.21. The van der Waals surface area contributed by atoms with Gasteiger partial charge in [0.25, 0.3) is 0 Å². The number of rotatable bonds is 8. The second kappa shape index (κ2) is 7.88. The third kappa shape index (κ3) is 9.36. The summed E-state index contributed by atoms with van der Waals surface area (Å²) in [6, 6.07) is 0. The Kier molecular flexibility index (Phi) is 7.72. The molecule has 17 heavy (non-hydrogen) atoms. The molecule has 0 saturated heterocycles. The number of hydrogen-bond donors (Lipinski definition) is 0. The van der Waals surface area contributed by atoms with Crippen molar-refractivity contribution in [3.05, 3.63) is 0 Å². The maximum Gasteiger partial charge on any atom is 0.155 e. The third-order valence-corrected chi connectivity index (χ3v) is 2.24. The molecule has 0 rings (SSSR count). The first-order valence-electron chi connectivity index (χ1n) is 6.24. The molecule has 0 N–H and O–H groups in total. The van der Waals surface area contributed by atoms with Crippen molar-refractivity contribution in [1.82, 2.24) is 0 Å². The fourth-order valence-corrected chi connectivity index (χ4v) is 1.14. The molecule has 0 aliphatic carbocycles. The summed E-state index contributed by atoms with van der Waals surface area (Å²) in [5.74, 6) is 0.463. The number of ketones is 1. The van der Waals surface area contributed by atoms with Crippen LogP contribution in [-0.4, -0.2) is 38.5 Å². The maximum atomic E-state index is 11.6. The Balaban J connectivity index is 4.11. The third-order valence-electron chi connectivity index (χ3n) is 2.24. The molecule has 98 valence electrons. The summed E-state index contributed by atoms with van der Waals surface area (Å²) in [4.78, 5) is 11.6. The van der Waals surface area contributed by atoms with Crippen molar-refractivity contribution >= 4 is 13.6 Å². The molecule has 0 amide bonds. The smallest absolute Gasteiger partial charge is 0.155 e. The van der Waals surface area contributed by atoms with Gasteiger partial charge in [0.15, 0.2) is 5.78 Å². The molecule has 3 nitrogen and oxygen atoms in total. The van der Waals surface area contributed by atoms with Crippen LogP contribution < -0.4 is 0 Å². The molecular formula is C13H25BO3. The van der Waals surface area contributed by atoms with Crippen LogP contribution in [0, 0.1) is 5.92 Å². The highest BCUT2D eigenvalue weighted by atomic mass is 16.5. The zero-order chi connectivity index (χ0) is 13.5. The van der Waals surface area contributed by atoms with Crippen LogP contribution in [0.15, 0.2) is 0 Å². The second-order valence-corrected chi connectivity index (χ2v) is 5.64. The van der Waals surface area contributed by atoms with Gasteiger partial charge in [0.2, 0.25) is 0 Å². The number of ether oxygens (including phenoxy) is 2. The Morgan fingerprint density at radius 3 is 2.29 bits per heavy atom. The number of Topliss-reactive ketones (excluding diaryl/α,β-unsaturated/α-hetero) is 1. The Hall–Kier alpha value is -0.345. The molecule has 0 aliphatic heterocycles. The normalized spacial score (nSPS) is 14.0. The van der Waals surface area contributed by atoms with Gasteiger partial charge in [0.05, 0.1) is 20.1 Å². The van der Waals surface area contributed by atoms with Crippen molar-refractivity contribution in [3.8, 4) is 0 Å². The van der Waals surface area contributed by atoms with E-state index in [1.807, 2.05) is 20.8 Å². The van der Waals surface area contributed by atoms with Gasteiger partial charge in [-0.25, -0.2) is 0 Å². The first kappa shape index (κ1) is 16.7. The predicted octanol–water partition coefficient (Wildman–Crippen LogP) is 2.39. The zero-order valence-corrected chi connectivity index (χ0v) is 11.8. The molecule has 0 aliphatic rings. The molecule has 1 unspecified atom stereocenters. The van der Waals surface area contributed by atoms with Crippen LogP contribution in [0.2, 0.25) is 6.32 Å². The van der Waals surface area contributed by atoms with Crippen molar-refractivity contribution in [2.45, 2.75) is 59.1 Å². The highest BCUT2D eigenvalue weighted by Gasteiger charge is 2.21. The van der Waals surface area contributed by atoms with E-state index < -0.39 is 6.10 Å². The molecule has 0 aromatic rings. The first-order chi connectivity index (χ1) is 7.76. The van der Waals surface area contributed by atoms with Crippen LogP contribution in [0.25, 0.3) is 0 Å². The van der Waals surface area contributed by atoms with Crippen molar-refractivity contribution in [2.24, 2.45) is 5.92 Å². The Morgan fingerprint density at radius 2 is 1.88 bits per heavy atom. The van der Waals surface area contributed by atoms with Crippen LogP contribution in [0.3, 0.4) is 0 Å². The van der Waals surface area contributed by atoms with Crippen molar-refractivity contribution in [1.29, 1.82) is 0 Å². The van der Waals surface area contributed by atoms with E-state index >= 15 is 0 Å². The topological polar surface area (TPSA) is 35.5 Å². The molecule has 4 heteroatoms. The molecule has 2 radical (unpaired) electrons. The van der Waals surface area contributed by atoms with Crippen LogP contribution in [-0.2, 0) is 14.3 Å². The summed E-state index contributed by atoms with van der Waals surface area (Å²) < 4.78 is 11.1. The monoisotopic (exact) mass is 240 g/mol. The minimum absolute atomic E-state index is 0.000151. The SMILES string of the molecule is [B]CC(=O)C(COC(C)(C)C)OCCC(C)C. The average Bonchev–Trinajstić information content (AvgIpc) is 2.20. The Morgan fingerprint density at radius 1 is 1.29 bits per heavy atom. The van der Waals surface area contributed by atoms with Crippen LogP contribution in [0.1, 0.15) is 41.0 Å². The summed E-state index contributed by atoms with van der Waals surface area (Å²) >= 11 is 0. The van der Waals surface area contributed by atoms with Gasteiger partial charge >= 0.3 is 0 Å². The van der Waals surface area contributed by atoms with Gasteiger partial charge in [0.1, 0.15) is 6.10 Å². The predicted molar refractivity (Wildman–Crippen MR) is 70.5 cm³/mol. The minimum Gasteiger partial charge on any atom is -0.373 e. The van der Waals surface area contributed by atoms with E-state index in [9.17, 15) is 4.79 Å². The van der Waals surface area contributed by atoms with Crippen molar-refractivity contribution < 1.29 is 14.3 Å². The molecule has 0 aromatic carbocycles. The van der Waals surface area contributed by atoms with Crippen LogP contribution in [0.4, 0.5) is 0 Å². The first-order valence-corrected chi connectivity index (χ1v) is 6.24. The summed E-state index contributed by atoms with van der Waals surface area (Å²) in [6.07, 6.45) is 0.405. The lowest BCUT2D eigenvalue weighted by Crippen LogP contribution is -2.34. The van der Waals surface area contributed by atoms with Gasteiger partial charge in [-0.15, -0.1) is 0 Å². The molecular weight excluding hydrogens is 215 g/mol. The van der Waals surface area contributed by atoms with Gasteiger partial charge in [-0.1, -0.05) is 13.8 Å². The van der Waals surface area contributed by atoms with Crippen LogP contribution >= 0.6 is 0 Å². The summed E-state index contributed by atoms with van der Waals surface area (Å²) in [5, 5.41) is 0. The molecule has 0 aromatic heterocycles. The highest BCUT2D eigenvalue weighted by Crippen LogP contribution is 2.10. The Bertz CT molecular complexity index is 221. The largest absolute Gasteiger partial charge is 0.373 e. The van der Waals surface area contributed by atoms with E-state index in [0.717, 1.165) is 6.42 Å². The minimum atomic E-state index is -0.530. The lowest BCUT2D eigenvalue weighted by molar-refractivity contribution is -0.137. The van der Waals surface area contributed by atoms with Gasteiger partial charge in [-0.2, -0.15) is 0 Å². The number of hydrogen-bond acceptors (Lipinski definition) is 3. The lowest BCUT2D eigenvalue weighted by atomic mass is 9.97. The molecule has 0 spiro atoms. The maximum absolute atomic E-state index is 11.6. The summed E-state index contributed by atoms with van der Waals surface area (Å²) in [7, 11) is 5.36. The van der Waals surface area contributed by atoms with Gasteiger partial charge in [-0.05, 0) is 39.4 Å². The number of carbonyl (C=O) groups is 1. The summed E-state index contributed by atoms with van der Waals surface area (Å²) in [6.45, 7) is 10.9. The van der Waals surface area contributed by atoms with E-state index in [2.05, 4.69) is 13.8 Å². The zero-order valence-electron chi connectivity index (χ0n) is 11.8. The fraction of sp³-hybridized carbons (Fsp3) is 0.923. The van der Waals surface area contributed by atoms with Crippen molar-refractivity contribution in [2.75, 3.05) is 13.2 Å². The molecule has 0 bridgehead atoms. The molecule has 0 heterocycles. The van der Waals surface area contributed by atoms with E-state index in [0.29, 0.717) is 12.5 Å². The molecule has 0 saturated carbocycles. The van der Waals surface area contributed by atoms with Crippen molar-refractivity contribution in [3.63, 3.8) is 0 Å². The van der Waals surface area contributed by atoms with Gasteiger partial charge < -0.3 is 9.47 Å². The van der Waals surface area contributed by atoms with Crippen LogP contribution in [0.5, 0.6) is 0 Å².